The molecule has 0 aromatic rings. The summed E-state index contributed by atoms with van der Waals surface area (Å²) in [7, 11) is -7.70. The van der Waals surface area contributed by atoms with Crippen molar-refractivity contribution in [2.75, 3.05) is 0 Å². The molecule has 0 aromatic heterocycles. The van der Waals surface area contributed by atoms with Crippen LogP contribution in [0, 0.1) is 0 Å². The van der Waals surface area contributed by atoms with Crippen molar-refractivity contribution in [3.8, 4) is 0 Å². The minimum atomic E-state index is -3.85. The molecule has 0 bridgehead atoms. The predicted molar refractivity (Wildman–Crippen MR) is 88.0 cm³/mol. The smallest absolute Gasteiger partial charge is 0.322 e. The van der Waals surface area contributed by atoms with Crippen LogP contribution >= 0.6 is 0 Å². The van der Waals surface area contributed by atoms with Crippen molar-refractivity contribution in [1.29, 1.82) is 0 Å². The van der Waals surface area contributed by atoms with Crippen LogP contribution in [-0.4, -0.2) is 39.3 Å². The third-order valence-electron chi connectivity index (χ3n) is 3.08. The lowest BCUT2D eigenvalue weighted by Crippen LogP contribution is -2.21. The van der Waals surface area contributed by atoms with Crippen LogP contribution < -0.4 is 0 Å². The van der Waals surface area contributed by atoms with Gasteiger partial charge in [0.2, 0.25) is 0 Å². The summed E-state index contributed by atoms with van der Waals surface area (Å²) in [6.45, 7) is 5.67. The Morgan fingerprint density at radius 2 is 0.958 bits per heavy atom. The summed E-state index contributed by atoms with van der Waals surface area (Å²) in [5.41, 5.74) is 0. The summed E-state index contributed by atoms with van der Waals surface area (Å²) >= 11 is 0. The minimum absolute atomic E-state index is 0.0296. The van der Waals surface area contributed by atoms with E-state index in [9.17, 15) is 26.4 Å². The van der Waals surface area contributed by atoms with Gasteiger partial charge in [-0.1, -0.05) is 12.8 Å². The molecule has 0 fully saturated rings. The van der Waals surface area contributed by atoms with Crippen molar-refractivity contribution in [3.05, 3.63) is 0 Å². The molecule has 0 aromatic carbocycles. The lowest BCUT2D eigenvalue weighted by molar-refractivity contribution is -0.135. The van der Waals surface area contributed by atoms with Crippen LogP contribution in [0.5, 0.6) is 0 Å². The number of unbranched alkanes of at least 4 members (excludes halogenated alkanes) is 3. The van der Waals surface area contributed by atoms with Gasteiger partial charge in [0.05, 0.1) is 10.5 Å². The molecular weight excluding hydrogens is 360 g/mol. The molecule has 8 nitrogen and oxygen atoms in total. The molecule has 0 N–H and O–H groups in total. The summed E-state index contributed by atoms with van der Waals surface area (Å²) in [5.74, 6) is -1.60. The van der Waals surface area contributed by atoms with E-state index in [0.717, 1.165) is 0 Å². The first-order valence-electron chi connectivity index (χ1n) is 7.80. The Balaban J connectivity index is 3.89. The molecule has 0 heterocycles. The summed E-state index contributed by atoms with van der Waals surface area (Å²) in [6, 6.07) is 0. The second-order valence-corrected chi connectivity index (χ2v) is 10.1. The van der Waals surface area contributed by atoms with Crippen LogP contribution in [0.25, 0.3) is 0 Å². The molecule has 0 rings (SSSR count). The molecule has 0 spiro atoms. The van der Waals surface area contributed by atoms with Gasteiger partial charge in [-0.2, -0.15) is 16.8 Å². The van der Waals surface area contributed by atoms with Crippen LogP contribution in [-0.2, 0) is 38.2 Å². The fourth-order valence-corrected chi connectivity index (χ4v) is 2.50. The van der Waals surface area contributed by atoms with Gasteiger partial charge >= 0.3 is 32.2 Å². The number of rotatable bonds is 11. The average Bonchev–Trinajstić information content (AvgIpc) is 2.41. The van der Waals surface area contributed by atoms with Gasteiger partial charge < -0.3 is 8.37 Å². The van der Waals surface area contributed by atoms with Gasteiger partial charge in [0.1, 0.15) is 0 Å². The van der Waals surface area contributed by atoms with Gasteiger partial charge in [0.15, 0.2) is 0 Å². The standard InChI is InChI=1S/C14H26O8S2/c1-11(2)23(17,18)21-13(15)9-7-5-6-8-10-14(16)22-24(19,20)12(3)4/h11-12H,5-10H2,1-4H3. The molecule has 0 aliphatic heterocycles. The van der Waals surface area contributed by atoms with E-state index in [2.05, 4.69) is 8.37 Å². The highest BCUT2D eigenvalue weighted by atomic mass is 32.2. The van der Waals surface area contributed by atoms with E-state index in [1.54, 1.807) is 0 Å². The largest absolute Gasteiger partial charge is 0.346 e. The number of hydrogen-bond acceptors (Lipinski definition) is 8. The highest BCUT2D eigenvalue weighted by Crippen LogP contribution is 2.11. The maximum absolute atomic E-state index is 11.4. The molecule has 0 saturated heterocycles. The molecule has 0 aliphatic rings. The molecule has 0 saturated carbocycles. The number of carbonyl (C=O) groups is 2. The maximum atomic E-state index is 11.4. The Hall–Kier alpha value is -1.16. The van der Waals surface area contributed by atoms with E-state index < -0.39 is 42.7 Å². The Bertz CT molecular complexity index is 561. The fourth-order valence-electron chi connectivity index (χ4n) is 1.43. The highest BCUT2D eigenvalue weighted by Gasteiger charge is 2.22. The zero-order valence-electron chi connectivity index (χ0n) is 14.5. The Labute approximate surface area is 144 Å². The summed E-state index contributed by atoms with van der Waals surface area (Å²) < 4.78 is 54.3. The van der Waals surface area contributed by atoms with E-state index in [4.69, 9.17) is 0 Å². The van der Waals surface area contributed by atoms with Gasteiger partial charge in [-0.3, -0.25) is 9.59 Å². The SMILES string of the molecule is CC(C)S(=O)(=O)OC(=O)CCCCCCC(=O)OS(=O)(=O)C(C)C. The normalized spacial score (nSPS) is 12.4. The fraction of sp³-hybridized carbons (Fsp3) is 0.857. The second kappa shape index (κ2) is 9.97. The topological polar surface area (TPSA) is 121 Å². The molecule has 142 valence electrons. The Morgan fingerprint density at radius 3 is 1.21 bits per heavy atom. The van der Waals surface area contributed by atoms with Crippen molar-refractivity contribution in [1.82, 2.24) is 0 Å². The van der Waals surface area contributed by atoms with Crippen LogP contribution in [0.15, 0.2) is 0 Å². The minimum Gasteiger partial charge on any atom is -0.346 e. The molecular formula is C14H26O8S2. The van der Waals surface area contributed by atoms with E-state index >= 15 is 0 Å². The molecule has 0 unspecified atom stereocenters. The van der Waals surface area contributed by atoms with Crippen LogP contribution in [0.4, 0.5) is 0 Å². The zero-order valence-corrected chi connectivity index (χ0v) is 16.1. The Morgan fingerprint density at radius 1 is 0.667 bits per heavy atom. The highest BCUT2D eigenvalue weighted by molar-refractivity contribution is 7.88. The molecule has 0 aliphatic carbocycles. The van der Waals surface area contributed by atoms with Crippen LogP contribution in [0.1, 0.15) is 66.2 Å². The van der Waals surface area contributed by atoms with E-state index in [-0.39, 0.29) is 12.8 Å². The van der Waals surface area contributed by atoms with Crippen molar-refractivity contribution < 1.29 is 34.8 Å². The summed E-state index contributed by atoms with van der Waals surface area (Å²) in [6.07, 6.45) is 1.95. The molecule has 0 radical (unpaired) electrons. The third kappa shape index (κ3) is 9.21. The molecule has 0 amide bonds. The first-order valence-corrected chi connectivity index (χ1v) is 10.7. The average molecular weight is 386 g/mol. The van der Waals surface area contributed by atoms with Crippen molar-refractivity contribution in [2.24, 2.45) is 0 Å². The second-order valence-electron chi connectivity index (χ2n) is 5.91. The predicted octanol–water partition coefficient (Wildman–Crippen LogP) is 1.89. The third-order valence-corrected chi connectivity index (χ3v) is 6.23. The van der Waals surface area contributed by atoms with E-state index in [1.807, 2.05) is 0 Å². The first kappa shape index (κ1) is 22.8. The van der Waals surface area contributed by atoms with Crippen LogP contribution in [0.2, 0.25) is 0 Å². The van der Waals surface area contributed by atoms with Crippen molar-refractivity contribution in [2.45, 2.75) is 76.7 Å². The monoisotopic (exact) mass is 386 g/mol. The van der Waals surface area contributed by atoms with Gasteiger partial charge in [-0.25, -0.2) is 0 Å². The van der Waals surface area contributed by atoms with Crippen LogP contribution in [0.3, 0.4) is 0 Å². The molecule has 0 atom stereocenters. The van der Waals surface area contributed by atoms with Gasteiger partial charge in [-0.05, 0) is 40.5 Å². The Kier molecular flexibility index (Phi) is 9.49. The number of hydrogen-bond donors (Lipinski definition) is 0. The van der Waals surface area contributed by atoms with Gasteiger partial charge in [0.25, 0.3) is 0 Å². The van der Waals surface area contributed by atoms with Crippen molar-refractivity contribution in [3.63, 3.8) is 0 Å². The number of carbonyl (C=O) groups excluding carboxylic acids is 2. The maximum Gasteiger partial charge on any atom is 0.322 e. The molecule has 24 heavy (non-hydrogen) atoms. The van der Waals surface area contributed by atoms with Gasteiger partial charge in [0, 0.05) is 12.8 Å². The summed E-state index contributed by atoms with van der Waals surface area (Å²) in [5, 5.41) is -1.57. The first-order chi connectivity index (χ1) is 10.9. The van der Waals surface area contributed by atoms with E-state index in [1.165, 1.54) is 27.7 Å². The lowest BCUT2D eigenvalue weighted by atomic mass is 10.1. The van der Waals surface area contributed by atoms with Gasteiger partial charge in [-0.15, -0.1) is 0 Å². The van der Waals surface area contributed by atoms with Crippen molar-refractivity contribution >= 4 is 32.2 Å². The van der Waals surface area contributed by atoms with E-state index in [0.29, 0.717) is 25.7 Å². The molecule has 10 heteroatoms. The summed E-state index contributed by atoms with van der Waals surface area (Å²) in [4.78, 5) is 22.8. The zero-order chi connectivity index (χ0) is 19.0. The quantitative estimate of drug-likeness (QED) is 0.390. The lowest BCUT2D eigenvalue weighted by Gasteiger charge is -2.08.